The van der Waals surface area contributed by atoms with Crippen molar-refractivity contribution >= 4 is 11.6 Å². The monoisotopic (exact) mass is 235 g/mol. The summed E-state index contributed by atoms with van der Waals surface area (Å²) in [5.41, 5.74) is 0. The summed E-state index contributed by atoms with van der Waals surface area (Å²) in [6.07, 6.45) is 3.77. The van der Waals surface area contributed by atoms with Gasteiger partial charge in [0.1, 0.15) is 11.6 Å². The van der Waals surface area contributed by atoms with E-state index in [1.807, 2.05) is 12.4 Å². The molecule has 1 aliphatic heterocycles. The molecule has 17 heavy (non-hydrogen) atoms. The summed E-state index contributed by atoms with van der Waals surface area (Å²) < 4.78 is 0. The van der Waals surface area contributed by atoms with Crippen LogP contribution in [0.4, 0.5) is 11.6 Å². The molecule has 1 aliphatic rings. The van der Waals surface area contributed by atoms with Gasteiger partial charge in [0.15, 0.2) is 0 Å². The second-order valence-corrected chi connectivity index (χ2v) is 4.14. The number of nitrogens with one attached hydrogen (secondary N) is 1. The van der Waals surface area contributed by atoms with Crippen LogP contribution in [-0.4, -0.2) is 49.2 Å². The van der Waals surface area contributed by atoms with Gasteiger partial charge in [-0.2, -0.15) is 0 Å². The molecule has 1 aromatic heterocycles. The average Bonchev–Trinajstić information content (AvgIpc) is 2.42. The van der Waals surface area contributed by atoms with Gasteiger partial charge in [-0.3, -0.25) is 0 Å². The zero-order valence-corrected chi connectivity index (χ0v) is 10.7. The molecule has 0 saturated carbocycles. The van der Waals surface area contributed by atoms with Crippen molar-refractivity contribution in [1.82, 2.24) is 15.3 Å². The molecule has 0 radical (unpaired) electrons. The minimum atomic E-state index is 0.967. The predicted molar refractivity (Wildman–Crippen MR) is 70.7 cm³/mol. The van der Waals surface area contributed by atoms with Crippen LogP contribution >= 0.6 is 0 Å². The lowest BCUT2D eigenvalue weighted by atomic mass is 10.3. The largest absolute Gasteiger partial charge is 0.356 e. The van der Waals surface area contributed by atoms with Gasteiger partial charge in [0.05, 0.1) is 12.4 Å². The van der Waals surface area contributed by atoms with Crippen molar-refractivity contribution in [2.24, 2.45) is 0 Å². The number of anilines is 2. The van der Waals surface area contributed by atoms with E-state index in [0.717, 1.165) is 50.9 Å². The van der Waals surface area contributed by atoms with E-state index in [1.54, 1.807) is 0 Å². The Bertz CT molecular complexity index is 327. The molecule has 0 spiro atoms. The summed E-state index contributed by atoms with van der Waals surface area (Å²) in [4.78, 5) is 13.5. The Hall–Kier alpha value is -1.36. The van der Waals surface area contributed by atoms with Gasteiger partial charge >= 0.3 is 0 Å². The van der Waals surface area contributed by atoms with E-state index < -0.39 is 0 Å². The first kappa shape index (κ1) is 12.1. The highest BCUT2D eigenvalue weighted by Crippen LogP contribution is 2.14. The maximum Gasteiger partial charge on any atom is 0.147 e. The van der Waals surface area contributed by atoms with Crippen LogP contribution in [-0.2, 0) is 0 Å². The molecule has 94 valence electrons. The molecule has 1 fully saturated rings. The number of piperazine rings is 1. The molecule has 0 aliphatic carbocycles. The van der Waals surface area contributed by atoms with Crippen LogP contribution in [0.1, 0.15) is 13.8 Å². The average molecular weight is 235 g/mol. The quantitative estimate of drug-likeness (QED) is 0.833. The van der Waals surface area contributed by atoms with Gasteiger partial charge in [-0.15, -0.1) is 0 Å². The SMILES string of the molecule is CCN(CC)c1cnc(N2CCNCC2)cn1. The highest BCUT2D eigenvalue weighted by molar-refractivity contribution is 5.43. The molecule has 2 heterocycles. The molecule has 1 aromatic rings. The summed E-state index contributed by atoms with van der Waals surface area (Å²) in [6, 6.07) is 0. The summed E-state index contributed by atoms with van der Waals surface area (Å²) in [6.45, 7) is 10.3. The molecule has 0 aromatic carbocycles. The van der Waals surface area contributed by atoms with Gasteiger partial charge in [0, 0.05) is 39.3 Å². The molecule has 0 unspecified atom stereocenters. The normalized spacial score (nSPS) is 16.0. The Labute approximate surface area is 103 Å². The Morgan fingerprint density at radius 2 is 1.88 bits per heavy atom. The van der Waals surface area contributed by atoms with Crippen LogP contribution in [0.3, 0.4) is 0 Å². The molecule has 0 amide bonds. The van der Waals surface area contributed by atoms with Crippen LogP contribution in [0.5, 0.6) is 0 Å². The first-order valence-corrected chi connectivity index (χ1v) is 6.37. The summed E-state index contributed by atoms with van der Waals surface area (Å²) >= 11 is 0. The number of hydrogen-bond acceptors (Lipinski definition) is 5. The smallest absolute Gasteiger partial charge is 0.147 e. The van der Waals surface area contributed by atoms with Gasteiger partial charge in [-0.1, -0.05) is 0 Å². The van der Waals surface area contributed by atoms with Crippen molar-refractivity contribution in [3.63, 3.8) is 0 Å². The van der Waals surface area contributed by atoms with E-state index in [1.165, 1.54) is 0 Å². The van der Waals surface area contributed by atoms with Crippen molar-refractivity contribution in [2.75, 3.05) is 49.1 Å². The Morgan fingerprint density at radius 1 is 1.18 bits per heavy atom. The minimum absolute atomic E-state index is 0.967. The first-order valence-electron chi connectivity index (χ1n) is 6.37. The molecule has 1 N–H and O–H groups in total. The zero-order valence-electron chi connectivity index (χ0n) is 10.7. The molecule has 5 nitrogen and oxygen atoms in total. The second-order valence-electron chi connectivity index (χ2n) is 4.14. The van der Waals surface area contributed by atoms with Gasteiger partial charge in [0.2, 0.25) is 0 Å². The fourth-order valence-electron chi connectivity index (χ4n) is 2.08. The Kier molecular flexibility index (Phi) is 4.14. The highest BCUT2D eigenvalue weighted by Gasteiger charge is 2.12. The number of aromatic nitrogens is 2. The fourth-order valence-corrected chi connectivity index (χ4v) is 2.08. The van der Waals surface area contributed by atoms with E-state index in [0.29, 0.717) is 0 Å². The van der Waals surface area contributed by atoms with Crippen LogP contribution in [0.25, 0.3) is 0 Å². The highest BCUT2D eigenvalue weighted by atomic mass is 15.3. The molecule has 5 heteroatoms. The van der Waals surface area contributed by atoms with Gasteiger partial charge < -0.3 is 15.1 Å². The summed E-state index contributed by atoms with van der Waals surface area (Å²) in [5.74, 6) is 1.95. The third-order valence-electron chi connectivity index (χ3n) is 3.15. The topological polar surface area (TPSA) is 44.3 Å². The maximum atomic E-state index is 4.51. The molecular formula is C12H21N5. The third-order valence-corrected chi connectivity index (χ3v) is 3.15. The minimum Gasteiger partial charge on any atom is -0.356 e. The fraction of sp³-hybridized carbons (Fsp3) is 0.667. The van der Waals surface area contributed by atoms with E-state index in [4.69, 9.17) is 0 Å². The number of rotatable bonds is 4. The molecule has 0 atom stereocenters. The number of nitrogens with zero attached hydrogens (tertiary/aromatic N) is 4. The molecular weight excluding hydrogens is 214 g/mol. The third kappa shape index (κ3) is 2.85. The standard InChI is InChI=1S/C12H21N5/c1-3-16(4-2)11-9-15-12(10-14-11)17-7-5-13-6-8-17/h9-10,13H,3-8H2,1-2H3. The molecule has 2 rings (SSSR count). The maximum absolute atomic E-state index is 4.51. The van der Waals surface area contributed by atoms with Crippen molar-refractivity contribution in [2.45, 2.75) is 13.8 Å². The van der Waals surface area contributed by atoms with Gasteiger partial charge in [-0.25, -0.2) is 9.97 Å². The van der Waals surface area contributed by atoms with Crippen molar-refractivity contribution < 1.29 is 0 Å². The van der Waals surface area contributed by atoms with Gasteiger partial charge in [-0.05, 0) is 13.8 Å². The van der Waals surface area contributed by atoms with Crippen LogP contribution in [0.15, 0.2) is 12.4 Å². The van der Waals surface area contributed by atoms with E-state index in [-0.39, 0.29) is 0 Å². The lowest BCUT2D eigenvalue weighted by Crippen LogP contribution is -2.44. The van der Waals surface area contributed by atoms with Crippen molar-refractivity contribution in [3.05, 3.63) is 12.4 Å². The molecule has 1 saturated heterocycles. The van der Waals surface area contributed by atoms with E-state index in [9.17, 15) is 0 Å². The Morgan fingerprint density at radius 3 is 2.41 bits per heavy atom. The van der Waals surface area contributed by atoms with E-state index in [2.05, 4.69) is 38.9 Å². The van der Waals surface area contributed by atoms with Crippen LogP contribution in [0, 0.1) is 0 Å². The Balaban J connectivity index is 2.06. The summed E-state index contributed by atoms with van der Waals surface area (Å²) in [7, 11) is 0. The lowest BCUT2D eigenvalue weighted by molar-refractivity contribution is 0.584. The number of hydrogen-bond donors (Lipinski definition) is 1. The van der Waals surface area contributed by atoms with Crippen molar-refractivity contribution in [1.29, 1.82) is 0 Å². The van der Waals surface area contributed by atoms with Gasteiger partial charge in [0.25, 0.3) is 0 Å². The van der Waals surface area contributed by atoms with E-state index >= 15 is 0 Å². The first-order chi connectivity index (χ1) is 8.35. The summed E-state index contributed by atoms with van der Waals surface area (Å²) in [5, 5.41) is 3.33. The molecule has 0 bridgehead atoms. The van der Waals surface area contributed by atoms with Crippen LogP contribution < -0.4 is 15.1 Å². The predicted octanol–water partition coefficient (Wildman–Crippen LogP) is 0.732. The lowest BCUT2D eigenvalue weighted by Gasteiger charge is -2.28. The second kappa shape index (κ2) is 5.82. The van der Waals surface area contributed by atoms with Crippen molar-refractivity contribution in [3.8, 4) is 0 Å². The zero-order chi connectivity index (χ0) is 12.1. The van der Waals surface area contributed by atoms with Crippen LogP contribution in [0.2, 0.25) is 0 Å².